The van der Waals surface area contributed by atoms with Crippen molar-refractivity contribution >= 4 is 45.0 Å². The van der Waals surface area contributed by atoms with Crippen LogP contribution in [0.3, 0.4) is 0 Å². The Morgan fingerprint density at radius 2 is 1.08 bits per heavy atom. The van der Waals surface area contributed by atoms with Crippen molar-refractivity contribution in [2.24, 2.45) is 0 Å². The Morgan fingerprint density at radius 3 is 1.50 bits per heavy atom. The molecular formula is C18H10N6S2. The number of aromatic nitrogens is 6. The monoisotopic (exact) mass is 374 g/mol. The molecule has 0 unspecified atom stereocenters. The highest BCUT2D eigenvalue weighted by Gasteiger charge is 2.20. The van der Waals surface area contributed by atoms with Gasteiger partial charge in [-0.25, -0.2) is 0 Å². The molecule has 6 rings (SSSR count). The maximum absolute atomic E-state index is 4.45. The van der Waals surface area contributed by atoms with E-state index in [1.54, 1.807) is 22.7 Å². The number of thiophene rings is 2. The molecule has 0 saturated heterocycles. The van der Waals surface area contributed by atoms with E-state index in [-0.39, 0.29) is 0 Å². The topological polar surface area (TPSA) is 60.4 Å². The van der Waals surface area contributed by atoms with Gasteiger partial charge in [-0.2, -0.15) is 0 Å². The van der Waals surface area contributed by atoms with Gasteiger partial charge >= 0.3 is 0 Å². The molecule has 0 bridgehead atoms. The molecule has 0 aliphatic rings. The molecule has 1 aromatic carbocycles. The summed E-state index contributed by atoms with van der Waals surface area (Å²) in [4.78, 5) is 2.15. The van der Waals surface area contributed by atoms with E-state index in [1.165, 1.54) is 0 Å². The van der Waals surface area contributed by atoms with Crippen LogP contribution in [-0.2, 0) is 0 Å². The molecule has 124 valence electrons. The summed E-state index contributed by atoms with van der Waals surface area (Å²) < 4.78 is 4.15. The van der Waals surface area contributed by atoms with E-state index in [2.05, 4.69) is 53.5 Å². The molecule has 0 spiro atoms. The Morgan fingerprint density at radius 1 is 0.577 bits per heavy atom. The van der Waals surface area contributed by atoms with Crippen LogP contribution in [0.15, 0.2) is 59.3 Å². The lowest BCUT2D eigenvalue weighted by Crippen LogP contribution is -1.99. The van der Waals surface area contributed by atoms with Gasteiger partial charge in [0.15, 0.2) is 11.6 Å². The van der Waals surface area contributed by atoms with E-state index in [0.717, 1.165) is 32.4 Å². The standard InChI is InChI=1S/C18H10N6S2/c1-2-6-12-11(5-1)23-15(13-7-3-9-25-13)19-21-17(23)18-22-20-16(24(12)18)14-8-4-10-26-14/h1-10H. The van der Waals surface area contributed by atoms with Crippen LogP contribution >= 0.6 is 22.7 Å². The summed E-state index contributed by atoms with van der Waals surface area (Å²) in [5, 5.41) is 21.9. The van der Waals surface area contributed by atoms with Crippen molar-refractivity contribution in [2.75, 3.05) is 0 Å². The summed E-state index contributed by atoms with van der Waals surface area (Å²) in [6.45, 7) is 0. The van der Waals surface area contributed by atoms with Gasteiger partial charge in [-0.05, 0) is 35.0 Å². The largest absolute Gasteiger partial charge is 0.269 e. The first kappa shape index (κ1) is 14.1. The molecule has 0 radical (unpaired) electrons. The van der Waals surface area contributed by atoms with Crippen molar-refractivity contribution in [3.63, 3.8) is 0 Å². The fourth-order valence-corrected chi connectivity index (χ4v) is 4.68. The average molecular weight is 374 g/mol. The first-order valence-corrected chi connectivity index (χ1v) is 9.76. The maximum Gasteiger partial charge on any atom is 0.207 e. The molecule has 8 heteroatoms. The normalized spacial score (nSPS) is 11.8. The average Bonchev–Trinajstić information content (AvgIpc) is 3.47. The van der Waals surface area contributed by atoms with E-state index >= 15 is 0 Å². The predicted octanol–water partition coefficient (Wildman–Crippen LogP) is 4.38. The minimum Gasteiger partial charge on any atom is -0.269 e. The molecule has 0 amide bonds. The van der Waals surface area contributed by atoms with Crippen LogP contribution in [0.1, 0.15) is 0 Å². The summed E-state index contributed by atoms with van der Waals surface area (Å²) in [5.74, 6) is 1.66. The second kappa shape index (κ2) is 5.20. The van der Waals surface area contributed by atoms with E-state index in [1.807, 2.05) is 35.0 Å². The zero-order valence-electron chi connectivity index (χ0n) is 13.3. The zero-order valence-corrected chi connectivity index (χ0v) is 14.9. The van der Waals surface area contributed by atoms with Crippen LogP contribution in [-0.4, -0.2) is 29.2 Å². The first-order chi connectivity index (χ1) is 12.9. The summed E-state index contributed by atoms with van der Waals surface area (Å²) >= 11 is 3.30. The molecule has 6 aromatic rings. The van der Waals surface area contributed by atoms with Crippen LogP contribution in [0.4, 0.5) is 0 Å². The van der Waals surface area contributed by atoms with Gasteiger partial charge in [-0.3, -0.25) is 8.80 Å². The molecule has 0 aliphatic heterocycles. The Kier molecular flexibility index (Phi) is 2.82. The number of nitrogens with zero attached hydrogens (tertiary/aromatic N) is 6. The number of fused-ring (bicyclic) bond motifs is 6. The van der Waals surface area contributed by atoms with Crippen LogP contribution in [0.25, 0.3) is 43.7 Å². The van der Waals surface area contributed by atoms with Crippen molar-refractivity contribution in [1.29, 1.82) is 0 Å². The van der Waals surface area contributed by atoms with E-state index in [0.29, 0.717) is 11.3 Å². The third-order valence-electron chi connectivity index (χ3n) is 4.37. The first-order valence-electron chi connectivity index (χ1n) is 8.00. The molecule has 6 nitrogen and oxygen atoms in total. The van der Waals surface area contributed by atoms with Crippen molar-refractivity contribution in [3.05, 3.63) is 59.3 Å². The fraction of sp³-hybridized carbons (Fsp3) is 0. The molecule has 0 N–H and O–H groups in total. The van der Waals surface area contributed by atoms with Crippen molar-refractivity contribution in [3.8, 4) is 21.4 Å². The van der Waals surface area contributed by atoms with Crippen LogP contribution in [0.2, 0.25) is 0 Å². The Balaban J connectivity index is 1.84. The smallest absolute Gasteiger partial charge is 0.207 e. The fourth-order valence-electron chi connectivity index (χ4n) is 3.29. The lowest BCUT2D eigenvalue weighted by Gasteiger charge is -2.08. The molecule has 0 atom stereocenters. The SMILES string of the molecule is c1csc(-c2nnc3c4nnc(-c5cccs5)n4c4ccccc4n23)c1. The van der Waals surface area contributed by atoms with Gasteiger partial charge in [-0.1, -0.05) is 24.3 Å². The quantitative estimate of drug-likeness (QED) is 0.451. The lowest BCUT2D eigenvalue weighted by atomic mass is 10.2. The lowest BCUT2D eigenvalue weighted by molar-refractivity contribution is 1.11. The Bertz CT molecular complexity index is 1270. The van der Waals surface area contributed by atoms with Gasteiger partial charge in [0.2, 0.25) is 11.3 Å². The van der Waals surface area contributed by atoms with Gasteiger partial charge in [0.05, 0.1) is 20.8 Å². The van der Waals surface area contributed by atoms with Crippen molar-refractivity contribution in [2.45, 2.75) is 0 Å². The number of benzene rings is 1. The Hall–Kier alpha value is -3.10. The molecule has 5 heterocycles. The van der Waals surface area contributed by atoms with Gasteiger partial charge in [0.1, 0.15) is 0 Å². The molecule has 0 saturated carbocycles. The summed E-state index contributed by atoms with van der Waals surface area (Å²) in [6.07, 6.45) is 0. The minimum atomic E-state index is 0.711. The van der Waals surface area contributed by atoms with Crippen LogP contribution in [0.5, 0.6) is 0 Å². The second-order valence-electron chi connectivity index (χ2n) is 5.81. The van der Waals surface area contributed by atoms with Gasteiger partial charge < -0.3 is 0 Å². The third-order valence-corrected chi connectivity index (χ3v) is 6.10. The van der Waals surface area contributed by atoms with E-state index in [4.69, 9.17) is 0 Å². The number of rotatable bonds is 2. The van der Waals surface area contributed by atoms with Crippen molar-refractivity contribution < 1.29 is 0 Å². The number of hydrogen-bond acceptors (Lipinski definition) is 6. The van der Waals surface area contributed by atoms with Gasteiger partial charge in [0, 0.05) is 0 Å². The molecule has 0 aliphatic carbocycles. The van der Waals surface area contributed by atoms with Crippen LogP contribution in [0, 0.1) is 0 Å². The summed E-state index contributed by atoms with van der Waals surface area (Å²) in [7, 11) is 0. The molecule has 0 fully saturated rings. The highest BCUT2D eigenvalue weighted by molar-refractivity contribution is 7.13. The highest BCUT2D eigenvalue weighted by atomic mass is 32.1. The molecular weight excluding hydrogens is 364 g/mol. The predicted molar refractivity (Wildman–Crippen MR) is 104 cm³/mol. The van der Waals surface area contributed by atoms with E-state index < -0.39 is 0 Å². The minimum absolute atomic E-state index is 0.711. The highest BCUT2D eigenvalue weighted by Crippen LogP contribution is 2.32. The Labute approximate surface area is 155 Å². The van der Waals surface area contributed by atoms with Crippen molar-refractivity contribution in [1.82, 2.24) is 29.2 Å². The van der Waals surface area contributed by atoms with Gasteiger partial charge in [-0.15, -0.1) is 43.1 Å². The maximum atomic E-state index is 4.45. The van der Waals surface area contributed by atoms with Gasteiger partial charge in [0.25, 0.3) is 0 Å². The third kappa shape index (κ3) is 1.80. The second-order valence-corrected chi connectivity index (χ2v) is 7.70. The summed E-state index contributed by atoms with van der Waals surface area (Å²) in [6, 6.07) is 16.4. The molecule has 5 aromatic heterocycles. The zero-order chi connectivity index (χ0) is 17.1. The number of hydrogen-bond donors (Lipinski definition) is 0. The summed E-state index contributed by atoms with van der Waals surface area (Å²) in [5.41, 5.74) is 3.48. The number of para-hydroxylation sites is 2. The van der Waals surface area contributed by atoms with Crippen LogP contribution < -0.4 is 0 Å². The molecule has 26 heavy (non-hydrogen) atoms. The van der Waals surface area contributed by atoms with E-state index in [9.17, 15) is 0 Å².